The normalized spacial score (nSPS) is 20.7. The second kappa shape index (κ2) is 27.1. The van der Waals surface area contributed by atoms with Crippen LogP contribution < -0.4 is 25.7 Å². The molecule has 0 saturated carbocycles. The van der Waals surface area contributed by atoms with Crippen LogP contribution in [0.25, 0.3) is 32.8 Å². The van der Waals surface area contributed by atoms with Crippen molar-refractivity contribution in [2.45, 2.75) is 75.0 Å². The summed E-state index contributed by atoms with van der Waals surface area (Å²) in [6, 6.07) is 32.5. The van der Waals surface area contributed by atoms with Gasteiger partial charge in [0.2, 0.25) is 11.9 Å². The van der Waals surface area contributed by atoms with Crippen molar-refractivity contribution < 1.29 is 65.2 Å². The summed E-state index contributed by atoms with van der Waals surface area (Å²) in [6.45, 7) is 1.89. The first-order valence-electron chi connectivity index (χ1n) is 26.5. The zero-order valence-corrected chi connectivity index (χ0v) is 47.9. The number of nitrogens with zero attached hydrogens (tertiary/aromatic N) is 11. The Hall–Kier alpha value is -8.74. The number of anilines is 2. The summed E-state index contributed by atoms with van der Waals surface area (Å²) in [5.41, 5.74) is 9.67. The van der Waals surface area contributed by atoms with E-state index in [1.165, 1.54) is 36.0 Å². The molecule has 2 amide bonds. The van der Waals surface area contributed by atoms with Crippen molar-refractivity contribution in [3.63, 3.8) is 0 Å². The molecule has 2 aliphatic heterocycles. The van der Waals surface area contributed by atoms with E-state index in [-0.39, 0.29) is 47.1 Å². The predicted octanol–water partition coefficient (Wildman–Crippen LogP) is 8.24. The van der Waals surface area contributed by atoms with Crippen LogP contribution in [0.15, 0.2) is 138 Å². The largest absolute Gasteiger partial charge is 0.695 e. The third-order valence-corrected chi connectivity index (χ3v) is 15.5. The number of carbonyl (C=O) groups is 2. The standard InChI is InChI=1S/C55H53FN14O14P2/c1-31(2)49(71)65-54-64-48-43(51(73)66-54)62-30-70(48)52-44(40(56)38(81-52)26-78-55(33-14-9-6-10-15-33,34-16-20-36(76-3)21-17-34)35-18-22-37(77-4)23-19-35)84-86(79-25-11-24-57)80-27-39-41(67-68-58)45(83-85(74)75)53(82-39)69-29-61-42-46(59-28-60-47(42)69)63-50(72)32-12-7-5-8-13-32/h5-10,12-23,28-31,38-41,44-45,52-53H,11,25-27H2,1-4H3,(H3-,59,60,63,64,65,66,71,72,73,74,75)/p+1/t38-,39-,40-,41-,44-,45-,52-,53-,86?/m1/s1. The van der Waals surface area contributed by atoms with Gasteiger partial charge < -0.3 is 42.6 Å². The van der Waals surface area contributed by atoms with Gasteiger partial charge in [-0.2, -0.15) is 10.2 Å². The highest BCUT2D eigenvalue weighted by Gasteiger charge is 2.54. The lowest BCUT2D eigenvalue weighted by Crippen LogP contribution is -2.38. The van der Waals surface area contributed by atoms with Crippen LogP contribution in [0.3, 0.4) is 0 Å². The summed E-state index contributed by atoms with van der Waals surface area (Å²) in [5.74, 6) is -0.597. The highest BCUT2D eigenvalue weighted by molar-refractivity contribution is 7.41. The number of aromatic nitrogens is 8. The first kappa shape index (κ1) is 60.4. The number of nitriles is 1. The number of rotatable bonds is 25. The molecule has 4 aromatic heterocycles. The van der Waals surface area contributed by atoms with Gasteiger partial charge in [0.05, 0.1) is 65.3 Å². The Labute approximate surface area is 490 Å². The minimum atomic E-state index is -3.40. The van der Waals surface area contributed by atoms with Crippen LogP contribution in [0.1, 0.15) is 59.8 Å². The molecule has 31 heteroatoms. The maximum absolute atomic E-state index is 18.2. The summed E-state index contributed by atoms with van der Waals surface area (Å²) in [5, 5.41) is 18.8. The Bertz CT molecular complexity index is 3810. The van der Waals surface area contributed by atoms with Crippen LogP contribution in [0, 0.1) is 17.2 Å². The fourth-order valence-electron chi connectivity index (χ4n) is 9.77. The van der Waals surface area contributed by atoms with E-state index in [1.54, 1.807) is 68.4 Å². The fourth-order valence-corrected chi connectivity index (χ4v) is 11.3. The molecule has 10 rings (SSSR count). The van der Waals surface area contributed by atoms with Gasteiger partial charge in [-0.1, -0.05) is 91.8 Å². The first-order chi connectivity index (χ1) is 41.7. The number of amides is 2. The molecule has 444 valence electrons. The van der Waals surface area contributed by atoms with Gasteiger partial charge >= 0.3 is 16.9 Å². The molecule has 2 saturated heterocycles. The molecular weight excluding hydrogens is 1160 g/mol. The maximum atomic E-state index is 18.2. The molecule has 10 atom stereocenters. The molecule has 28 nitrogen and oxygen atoms in total. The summed E-state index contributed by atoms with van der Waals surface area (Å²) < 4.78 is 88.7. The van der Waals surface area contributed by atoms with E-state index in [0.29, 0.717) is 33.8 Å². The number of methoxy groups -OCH3 is 2. The predicted molar refractivity (Wildman–Crippen MR) is 304 cm³/mol. The van der Waals surface area contributed by atoms with Crippen molar-refractivity contribution in [1.82, 2.24) is 39.0 Å². The topological polar surface area (TPSA) is 358 Å². The van der Waals surface area contributed by atoms with Crippen molar-refractivity contribution in [2.24, 2.45) is 11.0 Å². The second-order valence-electron chi connectivity index (χ2n) is 19.5. The summed E-state index contributed by atoms with van der Waals surface area (Å²) in [6.07, 6.45) is -7.87. The van der Waals surface area contributed by atoms with Crippen LogP contribution in [-0.4, -0.2) is 126 Å². The number of imidazole rings is 2. The molecule has 0 spiro atoms. The second-order valence-corrected chi connectivity index (χ2v) is 21.3. The number of carbonyl (C=O) groups excluding carboxylic acids is 2. The third-order valence-electron chi connectivity index (χ3n) is 13.9. The van der Waals surface area contributed by atoms with Gasteiger partial charge in [-0.3, -0.25) is 33.8 Å². The number of nitrogens with one attached hydrogen (secondary N) is 3. The van der Waals surface area contributed by atoms with Crippen molar-refractivity contribution >= 4 is 62.8 Å². The van der Waals surface area contributed by atoms with Crippen LogP contribution in [0.5, 0.6) is 11.5 Å². The molecule has 2 fully saturated rings. The molecule has 2 unspecified atom stereocenters. The molecule has 86 heavy (non-hydrogen) atoms. The summed E-state index contributed by atoms with van der Waals surface area (Å²) in [7, 11) is -3.13. The summed E-state index contributed by atoms with van der Waals surface area (Å²) >= 11 is 0. The average molecular weight is 1220 g/mol. The number of azide groups is 1. The van der Waals surface area contributed by atoms with Gasteiger partial charge in [0.15, 0.2) is 52.9 Å². The number of alkyl halides is 1. The Morgan fingerprint density at radius 2 is 1.47 bits per heavy atom. The fraction of sp³-hybridized carbons (Fsp3) is 0.327. The molecular formula is C55H54FN14O14P2+. The van der Waals surface area contributed by atoms with E-state index in [9.17, 15) is 34.6 Å². The van der Waals surface area contributed by atoms with Gasteiger partial charge in [0.1, 0.15) is 41.7 Å². The van der Waals surface area contributed by atoms with Crippen molar-refractivity contribution in [3.05, 3.63) is 171 Å². The number of ether oxygens (including phenoxy) is 5. The number of halogens is 1. The van der Waals surface area contributed by atoms with Crippen LogP contribution in [-0.2, 0) is 47.3 Å². The van der Waals surface area contributed by atoms with Crippen molar-refractivity contribution in [1.29, 1.82) is 5.26 Å². The zero-order chi connectivity index (χ0) is 60.5. The Morgan fingerprint density at radius 1 is 0.849 bits per heavy atom. The summed E-state index contributed by atoms with van der Waals surface area (Å²) in [4.78, 5) is 77.0. The minimum Gasteiger partial charge on any atom is -0.497 e. The minimum absolute atomic E-state index is 0.0128. The molecule has 4 aromatic carbocycles. The van der Waals surface area contributed by atoms with Crippen LogP contribution >= 0.6 is 16.9 Å². The van der Waals surface area contributed by atoms with Gasteiger partial charge in [-0.05, 0) is 58.6 Å². The lowest BCUT2D eigenvalue weighted by atomic mass is 9.80. The number of aromatic amines is 1. The molecule has 4 N–H and O–H groups in total. The Morgan fingerprint density at radius 3 is 2.09 bits per heavy atom. The van der Waals surface area contributed by atoms with E-state index < -0.39 is 108 Å². The van der Waals surface area contributed by atoms with Gasteiger partial charge in [-0.15, -0.1) is 9.42 Å². The average Bonchev–Trinajstić information content (AvgIpc) is 1.45. The smallest absolute Gasteiger partial charge is 0.497 e. The van der Waals surface area contributed by atoms with E-state index in [0.717, 1.165) is 6.33 Å². The highest BCUT2D eigenvalue weighted by atomic mass is 31.2. The van der Waals surface area contributed by atoms with E-state index >= 15 is 4.39 Å². The molecule has 6 heterocycles. The SMILES string of the molecule is COc1ccc(C(OC[C@H]2O[C@@H](n3cnc4c(=O)[nH]c(NC(=O)C(C)C)nc43)[C@H](OP(OCCC#N)OC[C@H]3O[C@@H](n4cnc5c(NC(=O)c6ccccc6)ncnc54)[C@H](O[P+](=O)O)[C@@H]3N=[N+]=[N-])[C@@H]2F)(c2ccccc2)c2ccc(OC)cc2)cc1. The highest BCUT2D eigenvalue weighted by Crippen LogP contribution is 2.50. The lowest BCUT2D eigenvalue weighted by Gasteiger charge is -2.37. The van der Waals surface area contributed by atoms with Crippen molar-refractivity contribution in [2.75, 3.05) is 44.7 Å². The molecule has 2 aliphatic rings. The van der Waals surface area contributed by atoms with E-state index in [2.05, 4.69) is 50.6 Å². The molecule has 0 radical (unpaired) electrons. The Kier molecular flexibility index (Phi) is 19.0. The number of fused-ring (bicyclic) bond motifs is 2. The zero-order valence-electron chi connectivity index (χ0n) is 46.1. The van der Waals surface area contributed by atoms with Crippen LogP contribution in [0.4, 0.5) is 16.2 Å². The van der Waals surface area contributed by atoms with E-state index in [4.69, 9.17) is 41.8 Å². The van der Waals surface area contributed by atoms with E-state index in [1.807, 2.05) is 60.7 Å². The third kappa shape index (κ3) is 12.8. The van der Waals surface area contributed by atoms with Gasteiger partial charge in [-0.25, -0.2) is 24.3 Å². The Balaban J connectivity index is 0.995. The maximum Gasteiger partial charge on any atom is 0.695 e. The molecule has 0 bridgehead atoms. The van der Waals surface area contributed by atoms with Gasteiger partial charge in [0, 0.05) is 21.0 Å². The number of hydrogen-bond acceptors (Lipinski definition) is 20. The molecule has 8 aromatic rings. The molecule has 0 aliphatic carbocycles. The lowest BCUT2D eigenvalue weighted by molar-refractivity contribution is -0.118. The van der Waals surface area contributed by atoms with Gasteiger partial charge in [0.25, 0.3) is 11.5 Å². The monoisotopic (exact) mass is 1220 g/mol. The van der Waals surface area contributed by atoms with Crippen LogP contribution in [0.2, 0.25) is 0 Å². The number of H-pyrrole nitrogens is 1. The quantitative estimate of drug-likeness (QED) is 0.0104. The first-order valence-corrected chi connectivity index (χ1v) is 28.7. The van der Waals surface area contributed by atoms with Crippen molar-refractivity contribution in [3.8, 4) is 17.6 Å². The number of hydrogen-bond donors (Lipinski definition) is 4. The number of benzene rings is 4.